The predicted molar refractivity (Wildman–Crippen MR) is 68.8 cm³/mol. The third-order valence-corrected chi connectivity index (χ3v) is 3.10. The molecule has 1 aliphatic heterocycles. The zero-order valence-electron chi connectivity index (χ0n) is 10.4. The van der Waals surface area contributed by atoms with Gasteiger partial charge in [-0.05, 0) is 29.5 Å². The average Bonchev–Trinajstić information content (AvgIpc) is 2.34. The third kappa shape index (κ3) is 1.92. The highest BCUT2D eigenvalue weighted by molar-refractivity contribution is 6.17. The second-order valence-corrected chi connectivity index (χ2v) is 4.99. The molecular formula is C13H15N3O2. The molecule has 0 unspecified atom stereocenters. The standard InChI is InChI=1S/C13H15N3O2/c1-13(2)6-5-11(17)16(12(15)18)10-7-8(14)3-4-9(10)13/h3-4,7H,6,14H2,1-2H3,(H2,15,18). The van der Waals surface area contributed by atoms with Crippen LogP contribution in [0.15, 0.2) is 18.2 Å². The highest BCUT2D eigenvalue weighted by atomic mass is 16.2. The van der Waals surface area contributed by atoms with Gasteiger partial charge in [0.15, 0.2) is 0 Å². The summed E-state index contributed by atoms with van der Waals surface area (Å²) in [6.07, 6.45) is 3.10. The Balaban J connectivity index is 2.69. The molecule has 5 nitrogen and oxygen atoms in total. The molecule has 0 aliphatic carbocycles. The molecular weight excluding hydrogens is 230 g/mol. The Bertz CT molecular complexity index is 523. The van der Waals surface area contributed by atoms with Crippen LogP contribution in [0.5, 0.6) is 0 Å². The van der Waals surface area contributed by atoms with Gasteiger partial charge in [0.2, 0.25) is 5.91 Å². The van der Waals surface area contributed by atoms with Gasteiger partial charge in [-0.3, -0.25) is 4.79 Å². The first-order valence-corrected chi connectivity index (χ1v) is 5.60. The summed E-state index contributed by atoms with van der Waals surface area (Å²) in [5, 5.41) is 0. The van der Waals surface area contributed by atoms with E-state index in [1.165, 1.54) is 0 Å². The van der Waals surface area contributed by atoms with Crippen molar-refractivity contribution in [2.45, 2.75) is 25.7 Å². The van der Waals surface area contributed by atoms with Gasteiger partial charge < -0.3 is 11.5 Å². The number of hydrogen-bond donors (Lipinski definition) is 2. The van der Waals surface area contributed by atoms with Crippen molar-refractivity contribution in [3.8, 4) is 0 Å². The van der Waals surface area contributed by atoms with E-state index < -0.39 is 11.9 Å². The van der Waals surface area contributed by atoms with E-state index in [2.05, 4.69) is 6.42 Å². The summed E-state index contributed by atoms with van der Waals surface area (Å²) in [6.45, 7) is 3.96. The second-order valence-electron chi connectivity index (χ2n) is 4.99. The van der Waals surface area contributed by atoms with Gasteiger partial charge in [-0.25, -0.2) is 9.69 Å². The van der Waals surface area contributed by atoms with E-state index in [-0.39, 0.29) is 5.41 Å². The van der Waals surface area contributed by atoms with Crippen LogP contribution in [0.4, 0.5) is 16.2 Å². The van der Waals surface area contributed by atoms with Crippen LogP contribution in [0.25, 0.3) is 0 Å². The fourth-order valence-electron chi connectivity index (χ4n) is 2.11. The third-order valence-electron chi connectivity index (χ3n) is 3.10. The molecule has 0 atom stereocenters. The van der Waals surface area contributed by atoms with E-state index in [4.69, 9.17) is 11.5 Å². The number of amides is 3. The molecule has 1 aromatic carbocycles. The van der Waals surface area contributed by atoms with Crippen LogP contribution >= 0.6 is 0 Å². The van der Waals surface area contributed by atoms with Crippen molar-refractivity contribution in [1.82, 2.24) is 0 Å². The van der Waals surface area contributed by atoms with E-state index in [0.29, 0.717) is 17.8 Å². The van der Waals surface area contributed by atoms with E-state index >= 15 is 0 Å². The summed E-state index contributed by atoms with van der Waals surface area (Å²) in [6, 6.07) is 4.33. The van der Waals surface area contributed by atoms with Crippen molar-refractivity contribution < 1.29 is 9.59 Å². The molecule has 0 saturated heterocycles. The average molecular weight is 245 g/mol. The Morgan fingerprint density at radius 2 is 2.11 bits per heavy atom. The molecule has 2 radical (unpaired) electrons. The first kappa shape index (κ1) is 12.4. The minimum absolute atomic E-state index is 0.303. The first-order valence-electron chi connectivity index (χ1n) is 5.60. The first-order chi connectivity index (χ1) is 8.33. The predicted octanol–water partition coefficient (Wildman–Crippen LogP) is 1.44. The molecule has 0 saturated carbocycles. The maximum atomic E-state index is 11.9. The molecule has 18 heavy (non-hydrogen) atoms. The van der Waals surface area contributed by atoms with Gasteiger partial charge in [-0.2, -0.15) is 0 Å². The van der Waals surface area contributed by atoms with Crippen molar-refractivity contribution in [1.29, 1.82) is 0 Å². The molecule has 0 aromatic heterocycles. The summed E-state index contributed by atoms with van der Waals surface area (Å²) >= 11 is 0. The number of hydrogen-bond acceptors (Lipinski definition) is 3. The van der Waals surface area contributed by atoms with Crippen molar-refractivity contribution in [2.24, 2.45) is 5.73 Å². The number of anilines is 2. The SMILES string of the molecule is CC1(C)C[C]C(=O)N(C(N)=O)c2cc(N)ccc21. The van der Waals surface area contributed by atoms with Crippen molar-refractivity contribution >= 4 is 23.3 Å². The van der Waals surface area contributed by atoms with Gasteiger partial charge in [0, 0.05) is 5.69 Å². The number of urea groups is 1. The lowest BCUT2D eigenvalue weighted by atomic mass is 9.80. The van der Waals surface area contributed by atoms with Crippen LogP contribution < -0.4 is 16.4 Å². The Labute approximate surface area is 106 Å². The molecule has 94 valence electrons. The number of nitrogens with two attached hydrogens (primary N) is 2. The molecule has 3 amide bonds. The molecule has 2 rings (SSSR count). The summed E-state index contributed by atoms with van der Waals surface area (Å²) in [4.78, 5) is 24.3. The monoisotopic (exact) mass is 245 g/mol. The number of fused-ring (bicyclic) bond motifs is 1. The lowest BCUT2D eigenvalue weighted by molar-refractivity contribution is -0.114. The van der Waals surface area contributed by atoms with Crippen LogP contribution in [0.3, 0.4) is 0 Å². The van der Waals surface area contributed by atoms with Crippen LogP contribution in [0, 0.1) is 6.42 Å². The van der Waals surface area contributed by atoms with Crippen LogP contribution in [0.2, 0.25) is 0 Å². The molecule has 1 heterocycles. The summed E-state index contributed by atoms with van der Waals surface area (Å²) < 4.78 is 0. The molecule has 4 N–H and O–H groups in total. The van der Waals surface area contributed by atoms with Crippen LogP contribution in [-0.4, -0.2) is 11.9 Å². The van der Waals surface area contributed by atoms with Gasteiger partial charge in [-0.15, -0.1) is 0 Å². The quantitative estimate of drug-likeness (QED) is 0.678. The second kappa shape index (κ2) is 4.01. The highest BCUT2D eigenvalue weighted by Gasteiger charge is 2.35. The molecule has 0 spiro atoms. The Kier molecular flexibility index (Phi) is 2.77. The summed E-state index contributed by atoms with van der Waals surface area (Å²) in [5.74, 6) is -0.528. The number of carbonyl (C=O) groups is 2. The number of nitrogens with zero attached hydrogens (tertiary/aromatic N) is 1. The fourth-order valence-corrected chi connectivity index (χ4v) is 2.11. The van der Waals surface area contributed by atoms with E-state index in [0.717, 1.165) is 10.5 Å². The number of nitrogen functional groups attached to an aromatic ring is 1. The minimum atomic E-state index is -0.822. The van der Waals surface area contributed by atoms with Gasteiger partial charge in [0.1, 0.15) is 0 Å². The van der Waals surface area contributed by atoms with Crippen molar-refractivity contribution in [3.63, 3.8) is 0 Å². The maximum absolute atomic E-state index is 11.9. The van der Waals surface area contributed by atoms with Gasteiger partial charge in [-0.1, -0.05) is 19.9 Å². The fraction of sp³-hybridized carbons (Fsp3) is 0.308. The number of rotatable bonds is 0. The number of imide groups is 1. The van der Waals surface area contributed by atoms with Gasteiger partial charge in [0.05, 0.1) is 12.1 Å². The molecule has 0 fully saturated rings. The van der Waals surface area contributed by atoms with E-state index in [1.807, 2.05) is 19.9 Å². The normalized spacial score (nSPS) is 18.1. The minimum Gasteiger partial charge on any atom is -0.399 e. The molecule has 1 aliphatic rings. The smallest absolute Gasteiger partial charge is 0.326 e. The zero-order valence-corrected chi connectivity index (χ0v) is 10.4. The largest absolute Gasteiger partial charge is 0.399 e. The number of carbonyl (C=O) groups excluding carboxylic acids is 2. The number of benzene rings is 1. The van der Waals surface area contributed by atoms with Gasteiger partial charge >= 0.3 is 6.03 Å². The molecule has 1 aromatic rings. The Morgan fingerprint density at radius 3 is 2.72 bits per heavy atom. The molecule has 0 bridgehead atoms. The summed E-state index contributed by atoms with van der Waals surface area (Å²) in [5.41, 5.74) is 12.5. The lowest BCUT2D eigenvalue weighted by Gasteiger charge is -2.26. The van der Waals surface area contributed by atoms with Crippen LogP contribution in [-0.2, 0) is 10.2 Å². The molecule has 5 heteroatoms. The Hall–Kier alpha value is -2.04. The lowest BCUT2D eigenvalue weighted by Crippen LogP contribution is -2.40. The Morgan fingerprint density at radius 1 is 1.44 bits per heavy atom. The van der Waals surface area contributed by atoms with E-state index in [1.54, 1.807) is 12.1 Å². The summed E-state index contributed by atoms with van der Waals surface area (Å²) in [7, 11) is 0. The van der Waals surface area contributed by atoms with Crippen LogP contribution in [0.1, 0.15) is 25.8 Å². The number of primary amides is 1. The van der Waals surface area contributed by atoms with Gasteiger partial charge in [0.25, 0.3) is 0 Å². The zero-order chi connectivity index (χ0) is 13.5. The van der Waals surface area contributed by atoms with Crippen molar-refractivity contribution in [3.05, 3.63) is 30.2 Å². The topological polar surface area (TPSA) is 89.4 Å². The van der Waals surface area contributed by atoms with E-state index in [9.17, 15) is 9.59 Å². The highest BCUT2D eigenvalue weighted by Crippen LogP contribution is 2.39. The maximum Gasteiger partial charge on any atom is 0.326 e. The van der Waals surface area contributed by atoms with Crippen molar-refractivity contribution in [2.75, 3.05) is 10.6 Å².